The van der Waals surface area contributed by atoms with Crippen LogP contribution in [-0.2, 0) is 31.0 Å². The molecule has 0 radical (unpaired) electrons. The standard InChI is InChI=1S/C14H16F3N5O2/c15-14(16,17)1-2-21-8-10(5-20-21)13(23)19-7-11-6-18-12-9-24-4-3-22(11)12/h5-6,8H,1-4,7,9H2,(H,19,23). The third-order valence-electron chi connectivity index (χ3n) is 3.66. The van der Waals surface area contributed by atoms with Crippen molar-refractivity contribution in [3.8, 4) is 0 Å². The van der Waals surface area contributed by atoms with E-state index in [9.17, 15) is 18.0 Å². The zero-order chi connectivity index (χ0) is 17.2. The Bertz CT molecular complexity index is 722. The summed E-state index contributed by atoms with van der Waals surface area (Å²) in [6, 6.07) is 0. The maximum Gasteiger partial charge on any atom is 0.390 e. The van der Waals surface area contributed by atoms with Gasteiger partial charge in [0.2, 0.25) is 0 Å². The maximum atomic E-state index is 12.2. The van der Waals surface area contributed by atoms with Crippen molar-refractivity contribution in [2.75, 3.05) is 6.61 Å². The molecular formula is C14H16F3N5O2. The highest BCUT2D eigenvalue weighted by atomic mass is 19.4. The molecule has 1 aliphatic rings. The molecule has 0 unspecified atom stereocenters. The number of ether oxygens (including phenoxy) is 1. The van der Waals surface area contributed by atoms with E-state index in [0.717, 1.165) is 16.2 Å². The molecule has 0 aliphatic carbocycles. The average molecular weight is 343 g/mol. The fourth-order valence-electron chi connectivity index (χ4n) is 2.42. The van der Waals surface area contributed by atoms with Crippen LogP contribution >= 0.6 is 0 Å². The smallest absolute Gasteiger partial charge is 0.372 e. The minimum Gasteiger partial charge on any atom is -0.372 e. The first-order chi connectivity index (χ1) is 11.4. The Kier molecular flexibility index (Phi) is 4.56. The Morgan fingerprint density at radius 2 is 2.21 bits per heavy atom. The van der Waals surface area contributed by atoms with Crippen LogP contribution in [-0.4, -0.2) is 38.0 Å². The van der Waals surface area contributed by atoms with E-state index in [0.29, 0.717) is 19.8 Å². The zero-order valence-corrected chi connectivity index (χ0v) is 12.7. The summed E-state index contributed by atoms with van der Waals surface area (Å²) in [6.45, 7) is 1.68. The lowest BCUT2D eigenvalue weighted by atomic mass is 10.3. The monoisotopic (exact) mass is 343 g/mol. The molecule has 0 atom stereocenters. The Morgan fingerprint density at radius 3 is 3.00 bits per heavy atom. The highest BCUT2D eigenvalue weighted by Crippen LogP contribution is 2.20. The Labute approximate surface area is 135 Å². The van der Waals surface area contributed by atoms with Crippen molar-refractivity contribution >= 4 is 5.91 Å². The predicted molar refractivity (Wildman–Crippen MR) is 76.0 cm³/mol. The van der Waals surface area contributed by atoms with Crippen LogP contribution < -0.4 is 5.32 Å². The van der Waals surface area contributed by atoms with E-state index < -0.39 is 18.5 Å². The van der Waals surface area contributed by atoms with Crippen LogP contribution in [0.15, 0.2) is 18.6 Å². The van der Waals surface area contributed by atoms with E-state index >= 15 is 0 Å². The third-order valence-corrected chi connectivity index (χ3v) is 3.66. The highest BCUT2D eigenvalue weighted by Gasteiger charge is 2.27. The number of carbonyl (C=O) groups is 1. The third kappa shape index (κ3) is 3.94. The van der Waals surface area contributed by atoms with Crippen LogP contribution in [0.25, 0.3) is 0 Å². The number of rotatable bonds is 5. The van der Waals surface area contributed by atoms with Crippen molar-refractivity contribution < 1.29 is 22.7 Å². The number of halogens is 3. The molecule has 1 N–H and O–H groups in total. The number of aromatic nitrogens is 4. The topological polar surface area (TPSA) is 74.0 Å². The summed E-state index contributed by atoms with van der Waals surface area (Å²) in [6.07, 6.45) is -0.998. The van der Waals surface area contributed by atoms with E-state index in [1.54, 1.807) is 6.20 Å². The van der Waals surface area contributed by atoms with Gasteiger partial charge in [0.15, 0.2) is 0 Å². The number of alkyl halides is 3. The maximum absolute atomic E-state index is 12.2. The molecule has 3 heterocycles. The van der Waals surface area contributed by atoms with Gasteiger partial charge in [-0.2, -0.15) is 18.3 Å². The quantitative estimate of drug-likeness (QED) is 0.893. The number of aryl methyl sites for hydroxylation is 1. The SMILES string of the molecule is O=C(NCc1cnc2n1CCOC2)c1cnn(CCC(F)(F)F)c1. The minimum absolute atomic E-state index is 0.221. The number of carbonyl (C=O) groups excluding carboxylic acids is 1. The molecule has 10 heteroatoms. The second-order valence-corrected chi connectivity index (χ2v) is 5.41. The molecule has 3 rings (SSSR count). The Hall–Kier alpha value is -2.36. The molecule has 0 fully saturated rings. The molecule has 0 aromatic carbocycles. The molecule has 1 aliphatic heterocycles. The van der Waals surface area contributed by atoms with Crippen molar-refractivity contribution in [1.29, 1.82) is 0 Å². The lowest BCUT2D eigenvalue weighted by Crippen LogP contribution is -2.26. The van der Waals surface area contributed by atoms with E-state index in [1.807, 2.05) is 4.57 Å². The number of hydrogen-bond donors (Lipinski definition) is 1. The molecule has 0 bridgehead atoms. The van der Waals surface area contributed by atoms with Gasteiger partial charge in [-0.1, -0.05) is 0 Å². The van der Waals surface area contributed by atoms with Crippen LogP contribution in [0.4, 0.5) is 13.2 Å². The van der Waals surface area contributed by atoms with Crippen LogP contribution in [0.2, 0.25) is 0 Å². The molecule has 0 saturated heterocycles. The van der Waals surface area contributed by atoms with E-state index in [-0.39, 0.29) is 18.7 Å². The van der Waals surface area contributed by atoms with Crippen molar-refractivity contribution in [2.45, 2.75) is 38.8 Å². The second kappa shape index (κ2) is 6.63. The van der Waals surface area contributed by atoms with Gasteiger partial charge < -0.3 is 14.6 Å². The van der Waals surface area contributed by atoms with Gasteiger partial charge in [-0.25, -0.2) is 4.98 Å². The Balaban J connectivity index is 1.56. The van der Waals surface area contributed by atoms with Crippen molar-refractivity contribution in [3.05, 3.63) is 35.7 Å². The number of fused-ring (bicyclic) bond motifs is 1. The van der Waals surface area contributed by atoms with Crippen molar-refractivity contribution in [1.82, 2.24) is 24.6 Å². The lowest BCUT2D eigenvalue weighted by Gasteiger charge is -2.17. The van der Waals surface area contributed by atoms with Gasteiger partial charge in [0, 0.05) is 19.3 Å². The van der Waals surface area contributed by atoms with Gasteiger partial charge in [0.1, 0.15) is 12.4 Å². The summed E-state index contributed by atoms with van der Waals surface area (Å²) in [5.41, 5.74) is 1.07. The summed E-state index contributed by atoms with van der Waals surface area (Å²) in [5.74, 6) is 0.418. The molecule has 1 amide bonds. The second-order valence-electron chi connectivity index (χ2n) is 5.41. The summed E-state index contributed by atoms with van der Waals surface area (Å²) in [4.78, 5) is 16.3. The molecule has 2 aromatic heterocycles. The number of imidazole rings is 1. The zero-order valence-electron chi connectivity index (χ0n) is 12.7. The average Bonchev–Trinajstić information content (AvgIpc) is 3.17. The first-order valence-electron chi connectivity index (χ1n) is 7.41. The number of nitrogens with one attached hydrogen (secondary N) is 1. The molecular weight excluding hydrogens is 327 g/mol. The molecule has 24 heavy (non-hydrogen) atoms. The fourth-order valence-corrected chi connectivity index (χ4v) is 2.42. The summed E-state index contributed by atoms with van der Waals surface area (Å²) in [5, 5.41) is 6.50. The summed E-state index contributed by atoms with van der Waals surface area (Å²) in [7, 11) is 0. The van der Waals surface area contributed by atoms with Crippen LogP contribution in [0, 0.1) is 0 Å². The van der Waals surface area contributed by atoms with Gasteiger partial charge in [-0.3, -0.25) is 9.48 Å². The molecule has 7 nitrogen and oxygen atoms in total. The van der Waals surface area contributed by atoms with Crippen molar-refractivity contribution in [3.63, 3.8) is 0 Å². The van der Waals surface area contributed by atoms with E-state index in [4.69, 9.17) is 4.74 Å². The van der Waals surface area contributed by atoms with Gasteiger partial charge >= 0.3 is 6.18 Å². The molecule has 0 spiro atoms. The highest BCUT2D eigenvalue weighted by molar-refractivity contribution is 5.93. The van der Waals surface area contributed by atoms with E-state index in [2.05, 4.69) is 15.4 Å². The molecule has 130 valence electrons. The van der Waals surface area contributed by atoms with Gasteiger partial charge in [-0.15, -0.1) is 0 Å². The summed E-state index contributed by atoms with van der Waals surface area (Å²) < 4.78 is 44.9. The van der Waals surface area contributed by atoms with E-state index in [1.165, 1.54) is 12.4 Å². The number of amides is 1. The largest absolute Gasteiger partial charge is 0.390 e. The first kappa shape index (κ1) is 16.5. The van der Waals surface area contributed by atoms with Gasteiger partial charge in [-0.05, 0) is 0 Å². The molecule has 2 aromatic rings. The van der Waals surface area contributed by atoms with Crippen molar-refractivity contribution in [2.24, 2.45) is 0 Å². The van der Waals surface area contributed by atoms with Crippen LogP contribution in [0.1, 0.15) is 28.3 Å². The minimum atomic E-state index is -4.25. The predicted octanol–water partition coefficient (Wildman–Crippen LogP) is 1.49. The Morgan fingerprint density at radius 1 is 1.38 bits per heavy atom. The number of nitrogens with zero attached hydrogens (tertiary/aromatic N) is 4. The molecule has 0 saturated carbocycles. The lowest BCUT2D eigenvalue weighted by molar-refractivity contribution is -0.137. The number of hydrogen-bond acceptors (Lipinski definition) is 4. The van der Waals surface area contributed by atoms with Gasteiger partial charge in [0.25, 0.3) is 5.91 Å². The summed E-state index contributed by atoms with van der Waals surface area (Å²) >= 11 is 0. The fraction of sp³-hybridized carbons (Fsp3) is 0.500. The van der Waals surface area contributed by atoms with Crippen LogP contribution in [0.3, 0.4) is 0 Å². The first-order valence-corrected chi connectivity index (χ1v) is 7.41. The van der Waals surface area contributed by atoms with Gasteiger partial charge in [0.05, 0.1) is 43.2 Å². The van der Waals surface area contributed by atoms with Crippen LogP contribution in [0.5, 0.6) is 0 Å². The normalized spacial score (nSPS) is 14.5.